The average molecular weight is 287 g/mol. The number of amides is 1. The highest BCUT2D eigenvalue weighted by atomic mass is 16.5. The Morgan fingerprint density at radius 2 is 2.10 bits per heavy atom. The van der Waals surface area contributed by atoms with Crippen molar-refractivity contribution in [3.05, 3.63) is 35.7 Å². The van der Waals surface area contributed by atoms with Crippen molar-refractivity contribution in [2.45, 2.75) is 40.3 Å². The van der Waals surface area contributed by atoms with Crippen molar-refractivity contribution in [2.75, 3.05) is 0 Å². The molecule has 0 saturated heterocycles. The Kier molecular flexibility index (Phi) is 4.31. The van der Waals surface area contributed by atoms with Gasteiger partial charge < -0.3 is 10.5 Å². The van der Waals surface area contributed by atoms with Crippen molar-refractivity contribution in [3.63, 3.8) is 0 Å². The minimum Gasteiger partial charge on any atom is -0.491 e. The van der Waals surface area contributed by atoms with Gasteiger partial charge in [-0.3, -0.25) is 9.48 Å². The summed E-state index contributed by atoms with van der Waals surface area (Å²) in [5, 5.41) is 4.39. The van der Waals surface area contributed by atoms with E-state index in [1.165, 1.54) is 0 Å². The minimum atomic E-state index is -0.399. The average Bonchev–Trinajstić information content (AvgIpc) is 2.63. The second-order valence-corrected chi connectivity index (χ2v) is 5.36. The molecule has 5 nitrogen and oxygen atoms in total. The molecule has 1 heterocycles. The lowest BCUT2D eigenvalue weighted by Gasteiger charge is -2.11. The molecule has 0 aliphatic rings. The van der Waals surface area contributed by atoms with Crippen molar-refractivity contribution in [3.8, 4) is 16.9 Å². The Hall–Kier alpha value is -2.30. The molecule has 1 aromatic carbocycles. The van der Waals surface area contributed by atoms with Gasteiger partial charge in [-0.2, -0.15) is 5.10 Å². The van der Waals surface area contributed by atoms with Gasteiger partial charge in [-0.25, -0.2) is 0 Å². The number of carbonyl (C=O) groups excluding carboxylic acids is 1. The van der Waals surface area contributed by atoms with Crippen molar-refractivity contribution in [1.29, 1.82) is 0 Å². The fraction of sp³-hybridized carbons (Fsp3) is 0.375. The molecular formula is C16H21N3O2. The highest BCUT2D eigenvalue weighted by molar-refractivity contribution is 5.75. The van der Waals surface area contributed by atoms with Crippen LogP contribution in [0.3, 0.4) is 0 Å². The maximum Gasteiger partial charge on any atom is 0.239 e. The summed E-state index contributed by atoms with van der Waals surface area (Å²) in [4.78, 5) is 11.1. The first-order valence-corrected chi connectivity index (χ1v) is 6.98. The molecule has 2 aromatic rings. The molecule has 0 unspecified atom stereocenters. The third kappa shape index (κ3) is 3.42. The first-order chi connectivity index (χ1) is 9.88. The van der Waals surface area contributed by atoms with E-state index >= 15 is 0 Å². The van der Waals surface area contributed by atoms with E-state index in [0.29, 0.717) is 0 Å². The highest BCUT2D eigenvalue weighted by Gasteiger charge is 2.15. The summed E-state index contributed by atoms with van der Waals surface area (Å²) in [7, 11) is 0. The predicted molar refractivity (Wildman–Crippen MR) is 82.1 cm³/mol. The largest absolute Gasteiger partial charge is 0.491 e. The van der Waals surface area contributed by atoms with E-state index < -0.39 is 5.91 Å². The van der Waals surface area contributed by atoms with Gasteiger partial charge in [0.15, 0.2) is 0 Å². The van der Waals surface area contributed by atoms with E-state index in [1.807, 2.05) is 52.0 Å². The van der Waals surface area contributed by atoms with Crippen LogP contribution in [0, 0.1) is 13.8 Å². The van der Waals surface area contributed by atoms with Gasteiger partial charge >= 0.3 is 0 Å². The van der Waals surface area contributed by atoms with E-state index in [1.54, 1.807) is 4.68 Å². The van der Waals surface area contributed by atoms with Crippen LogP contribution in [0.5, 0.6) is 5.75 Å². The lowest BCUT2D eigenvalue weighted by Crippen LogP contribution is -2.20. The molecule has 21 heavy (non-hydrogen) atoms. The lowest BCUT2D eigenvalue weighted by molar-refractivity contribution is -0.118. The van der Waals surface area contributed by atoms with Crippen LogP contribution < -0.4 is 10.5 Å². The molecule has 0 bridgehead atoms. The Morgan fingerprint density at radius 1 is 1.38 bits per heavy atom. The first-order valence-electron chi connectivity index (χ1n) is 6.98. The van der Waals surface area contributed by atoms with Gasteiger partial charge in [-0.1, -0.05) is 12.1 Å². The zero-order valence-electron chi connectivity index (χ0n) is 12.9. The van der Waals surface area contributed by atoms with Crippen LogP contribution in [0.2, 0.25) is 0 Å². The van der Waals surface area contributed by atoms with Crippen LogP contribution in [0.25, 0.3) is 11.1 Å². The summed E-state index contributed by atoms with van der Waals surface area (Å²) >= 11 is 0. The van der Waals surface area contributed by atoms with E-state index in [0.717, 1.165) is 28.3 Å². The Bertz CT molecular complexity index is 660. The lowest BCUT2D eigenvalue weighted by atomic mass is 10.0. The summed E-state index contributed by atoms with van der Waals surface area (Å²) in [5.74, 6) is 0.424. The van der Waals surface area contributed by atoms with Crippen molar-refractivity contribution in [2.24, 2.45) is 5.73 Å². The highest BCUT2D eigenvalue weighted by Crippen LogP contribution is 2.29. The van der Waals surface area contributed by atoms with Crippen LogP contribution in [-0.4, -0.2) is 21.8 Å². The fourth-order valence-corrected chi connectivity index (χ4v) is 2.41. The summed E-state index contributed by atoms with van der Waals surface area (Å²) in [6, 6.07) is 7.89. The monoisotopic (exact) mass is 287 g/mol. The fourth-order valence-electron chi connectivity index (χ4n) is 2.41. The number of hydrogen-bond acceptors (Lipinski definition) is 3. The topological polar surface area (TPSA) is 70.1 Å². The van der Waals surface area contributed by atoms with E-state index in [9.17, 15) is 4.79 Å². The molecule has 0 radical (unpaired) electrons. The smallest absolute Gasteiger partial charge is 0.239 e. The molecule has 1 aromatic heterocycles. The SMILES string of the molecule is Cc1nn(CC(N)=O)c(C)c1-c1cccc(OC(C)C)c1. The van der Waals surface area contributed by atoms with Gasteiger partial charge in [0.05, 0.1) is 11.8 Å². The number of primary amides is 1. The number of carbonyl (C=O) groups is 1. The van der Waals surface area contributed by atoms with E-state index in [-0.39, 0.29) is 12.6 Å². The Morgan fingerprint density at radius 3 is 2.71 bits per heavy atom. The van der Waals surface area contributed by atoms with E-state index in [2.05, 4.69) is 5.10 Å². The van der Waals surface area contributed by atoms with Gasteiger partial charge in [-0.15, -0.1) is 0 Å². The third-order valence-electron chi connectivity index (χ3n) is 3.18. The van der Waals surface area contributed by atoms with Crippen molar-refractivity contribution in [1.82, 2.24) is 9.78 Å². The summed E-state index contributed by atoms with van der Waals surface area (Å²) in [5.41, 5.74) is 9.09. The second kappa shape index (κ2) is 5.99. The zero-order chi connectivity index (χ0) is 15.6. The molecule has 2 rings (SSSR count). The maximum atomic E-state index is 11.1. The summed E-state index contributed by atoms with van der Waals surface area (Å²) < 4.78 is 7.37. The standard InChI is InChI=1S/C16H21N3O2/c1-10(2)21-14-7-5-6-13(8-14)16-11(3)18-19(12(16)4)9-15(17)20/h5-8,10H,9H2,1-4H3,(H2,17,20). The number of aryl methyl sites for hydroxylation is 1. The van der Waals surface area contributed by atoms with Gasteiger partial charge in [-0.05, 0) is 45.4 Å². The summed E-state index contributed by atoms with van der Waals surface area (Å²) in [6.07, 6.45) is 0.125. The van der Waals surface area contributed by atoms with Crippen molar-refractivity contribution < 1.29 is 9.53 Å². The molecule has 2 N–H and O–H groups in total. The minimum absolute atomic E-state index is 0.0921. The molecule has 1 amide bonds. The quantitative estimate of drug-likeness (QED) is 0.918. The molecule has 0 aliphatic carbocycles. The normalized spacial score (nSPS) is 10.9. The van der Waals surface area contributed by atoms with Crippen LogP contribution in [0.1, 0.15) is 25.2 Å². The van der Waals surface area contributed by atoms with Crippen LogP contribution in [-0.2, 0) is 11.3 Å². The third-order valence-corrected chi connectivity index (χ3v) is 3.18. The van der Waals surface area contributed by atoms with Crippen LogP contribution in [0.15, 0.2) is 24.3 Å². The number of nitrogens with zero attached hydrogens (tertiary/aromatic N) is 2. The van der Waals surface area contributed by atoms with Gasteiger partial charge in [0.2, 0.25) is 5.91 Å². The van der Waals surface area contributed by atoms with Crippen LogP contribution >= 0.6 is 0 Å². The van der Waals surface area contributed by atoms with Crippen molar-refractivity contribution >= 4 is 5.91 Å². The Labute approximate surface area is 124 Å². The number of hydrogen-bond donors (Lipinski definition) is 1. The molecular weight excluding hydrogens is 266 g/mol. The molecule has 5 heteroatoms. The number of aromatic nitrogens is 2. The van der Waals surface area contributed by atoms with E-state index in [4.69, 9.17) is 10.5 Å². The number of nitrogens with two attached hydrogens (primary N) is 1. The molecule has 0 saturated carbocycles. The maximum absolute atomic E-state index is 11.1. The number of rotatable bonds is 5. The molecule has 0 atom stereocenters. The predicted octanol–water partition coefficient (Wildman–Crippen LogP) is 2.44. The number of benzene rings is 1. The second-order valence-electron chi connectivity index (χ2n) is 5.36. The molecule has 0 spiro atoms. The molecule has 0 fully saturated rings. The summed E-state index contributed by atoms with van der Waals surface area (Å²) in [6.45, 7) is 7.95. The van der Waals surface area contributed by atoms with Gasteiger partial charge in [0.25, 0.3) is 0 Å². The molecule has 0 aliphatic heterocycles. The number of ether oxygens (including phenoxy) is 1. The zero-order valence-corrected chi connectivity index (χ0v) is 12.9. The van der Waals surface area contributed by atoms with Gasteiger partial charge in [0, 0.05) is 11.3 Å². The van der Waals surface area contributed by atoms with Gasteiger partial charge in [0.1, 0.15) is 12.3 Å². The first kappa shape index (κ1) is 15.1. The van der Waals surface area contributed by atoms with Crippen LogP contribution in [0.4, 0.5) is 0 Å². The molecule has 112 valence electrons. The Balaban J connectivity index is 2.42.